The van der Waals surface area contributed by atoms with Crippen molar-refractivity contribution in [3.63, 3.8) is 0 Å². The molecule has 0 heterocycles. The van der Waals surface area contributed by atoms with E-state index in [0.717, 1.165) is 98.7 Å². The van der Waals surface area contributed by atoms with Gasteiger partial charge in [-0.2, -0.15) is 4.31 Å². The molecule has 266 valence electrons. The molecule has 8 aliphatic carbocycles. The van der Waals surface area contributed by atoms with E-state index in [-0.39, 0.29) is 29.6 Å². The number of ketones is 1. The van der Waals surface area contributed by atoms with E-state index in [1.165, 1.54) is 37.5 Å². The Morgan fingerprint density at radius 3 is 2.25 bits per heavy atom. The largest absolute Gasteiger partial charge is 0.393 e. The molecule has 0 spiro atoms. The molecule has 0 amide bonds. The van der Waals surface area contributed by atoms with Crippen LogP contribution in [-0.2, 0) is 16.4 Å². The Kier molecular flexibility index (Phi) is 9.61. The minimum atomic E-state index is -3.56. The number of hydrogen-bond donors (Lipinski definition) is 2. The summed E-state index contributed by atoms with van der Waals surface area (Å²) in [6, 6.07) is 6.29. The first-order valence-corrected chi connectivity index (χ1v) is 21.3. The van der Waals surface area contributed by atoms with Gasteiger partial charge in [0.05, 0.1) is 18.0 Å². The van der Waals surface area contributed by atoms with Crippen LogP contribution in [0.5, 0.6) is 0 Å². The topological polar surface area (TPSA) is 94.9 Å². The molecule has 2 N–H and O–H groups in total. The monoisotopic (exact) mass is 679 g/mol. The van der Waals surface area contributed by atoms with Crippen LogP contribution in [0.15, 0.2) is 29.8 Å². The van der Waals surface area contributed by atoms with Crippen LogP contribution in [0.3, 0.4) is 0 Å². The molecule has 0 radical (unpaired) electrons. The van der Waals surface area contributed by atoms with E-state index in [2.05, 4.69) is 38.1 Å². The molecule has 6 nitrogen and oxygen atoms in total. The SMILES string of the molecule is CC1=CCCC2(C)C(CCC2(O)CN(CC23CC4CC(CC(C4)C2)C3)S(C)(=O)=O)c2ccc(cc2C(=O)C2CCCCC2)CC(O)CC1. The van der Waals surface area contributed by atoms with Gasteiger partial charge in [0.25, 0.3) is 0 Å². The Bertz CT molecular complexity index is 1470. The predicted octanol–water partition coefficient (Wildman–Crippen LogP) is 7.97. The first-order chi connectivity index (χ1) is 22.8. The van der Waals surface area contributed by atoms with Gasteiger partial charge in [-0.3, -0.25) is 4.79 Å². The van der Waals surface area contributed by atoms with Gasteiger partial charge in [-0.25, -0.2) is 8.42 Å². The van der Waals surface area contributed by atoms with Crippen LogP contribution < -0.4 is 0 Å². The van der Waals surface area contributed by atoms with E-state index in [1.54, 1.807) is 4.31 Å². The van der Waals surface area contributed by atoms with Crippen molar-refractivity contribution in [1.82, 2.24) is 4.31 Å². The maximum absolute atomic E-state index is 14.4. The van der Waals surface area contributed by atoms with Gasteiger partial charge in [-0.1, -0.05) is 50.0 Å². The maximum Gasteiger partial charge on any atom is 0.211 e. The smallest absolute Gasteiger partial charge is 0.211 e. The van der Waals surface area contributed by atoms with Gasteiger partial charge in [0, 0.05) is 30.0 Å². The van der Waals surface area contributed by atoms with Gasteiger partial charge in [-0.15, -0.1) is 0 Å². The number of sulfonamides is 1. The zero-order chi connectivity index (χ0) is 33.9. The van der Waals surface area contributed by atoms with Crippen molar-refractivity contribution in [3.8, 4) is 0 Å². The third-order valence-electron chi connectivity index (χ3n) is 14.5. The van der Waals surface area contributed by atoms with Crippen molar-refractivity contribution in [2.24, 2.45) is 34.5 Å². The molecular weight excluding hydrogens is 619 g/mol. The van der Waals surface area contributed by atoms with E-state index in [4.69, 9.17) is 0 Å². The van der Waals surface area contributed by atoms with Crippen molar-refractivity contribution in [3.05, 3.63) is 46.5 Å². The molecule has 48 heavy (non-hydrogen) atoms. The lowest BCUT2D eigenvalue weighted by molar-refractivity contribution is -0.0919. The second kappa shape index (κ2) is 13.2. The maximum atomic E-state index is 14.4. The van der Waals surface area contributed by atoms with Crippen LogP contribution in [0.2, 0.25) is 0 Å². The van der Waals surface area contributed by atoms with Crippen molar-refractivity contribution >= 4 is 15.8 Å². The van der Waals surface area contributed by atoms with Crippen LogP contribution in [0.1, 0.15) is 150 Å². The number of hydrogen-bond acceptors (Lipinski definition) is 5. The van der Waals surface area contributed by atoms with E-state index in [9.17, 15) is 23.4 Å². The molecule has 4 unspecified atom stereocenters. The molecule has 7 heteroatoms. The Morgan fingerprint density at radius 1 is 0.938 bits per heavy atom. The average Bonchev–Trinajstić information content (AvgIpc) is 3.27. The van der Waals surface area contributed by atoms with Gasteiger partial charge >= 0.3 is 0 Å². The molecule has 0 saturated heterocycles. The van der Waals surface area contributed by atoms with Crippen molar-refractivity contribution in [1.29, 1.82) is 0 Å². The number of benzene rings is 1. The number of aliphatic hydroxyl groups is 2. The summed E-state index contributed by atoms with van der Waals surface area (Å²) in [4.78, 5) is 14.4. The fourth-order valence-corrected chi connectivity index (χ4v) is 13.2. The van der Waals surface area contributed by atoms with Crippen LogP contribution >= 0.6 is 0 Å². The summed E-state index contributed by atoms with van der Waals surface area (Å²) in [5.41, 5.74) is 2.24. The molecule has 6 bridgehead atoms. The highest BCUT2D eigenvalue weighted by molar-refractivity contribution is 7.88. The van der Waals surface area contributed by atoms with Crippen LogP contribution in [0.4, 0.5) is 0 Å². The number of aliphatic hydroxyl groups excluding tert-OH is 1. The Hall–Kier alpha value is -1.54. The molecule has 6 fully saturated rings. The Balaban J connectivity index is 1.25. The van der Waals surface area contributed by atoms with Gasteiger partial charge in [-0.05, 0) is 150 Å². The molecule has 1 aromatic rings. The summed E-state index contributed by atoms with van der Waals surface area (Å²) in [5.74, 6) is 2.37. The predicted molar refractivity (Wildman–Crippen MR) is 191 cm³/mol. The standard InChI is InChI=1S/C41H61NO5S/c1-28-8-7-16-39(2)37(35-14-12-29(21-34(43)13-11-28)22-36(35)38(44)33-9-5-4-6-10-33)15-17-41(39,45)27-42(48(3,46)47)26-40-23-30-18-31(24-40)20-32(19-30)25-40/h8,12,14,22,30-34,37,43,45H,4-7,9-11,13,15-21,23-27H2,1-3H3. The minimum absolute atomic E-state index is 0.0229. The molecule has 6 saturated carbocycles. The summed E-state index contributed by atoms with van der Waals surface area (Å²) < 4.78 is 29.0. The number of nitrogens with zero attached hydrogens (tertiary/aromatic N) is 1. The molecule has 9 rings (SSSR count). The van der Waals surface area contributed by atoms with Crippen LogP contribution in [-0.4, -0.2) is 59.8 Å². The van der Waals surface area contributed by atoms with E-state index >= 15 is 0 Å². The zero-order valence-electron chi connectivity index (χ0n) is 29.9. The summed E-state index contributed by atoms with van der Waals surface area (Å²) in [5, 5.41) is 23.9. The number of allylic oxidation sites excluding steroid dienone is 2. The molecule has 8 aliphatic rings. The molecule has 1 aromatic carbocycles. The van der Waals surface area contributed by atoms with Crippen LogP contribution in [0, 0.1) is 34.5 Å². The number of carbonyl (C=O) groups excluding carboxylic acids is 1. The van der Waals surface area contributed by atoms with E-state index < -0.39 is 27.1 Å². The fraction of sp³-hybridized carbons (Fsp3) is 0.780. The van der Waals surface area contributed by atoms with Crippen LogP contribution in [0.25, 0.3) is 0 Å². The summed E-state index contributed by atoms with van der Waals surface area (Å²) in [6.07, 6.45) is 20.4. The molecular formula is C41H61NO5S. The minimum Gasteiger partial charge on any atom is -0.393 e. The van der Waals surface area contributed by atoms with Crippen molar-refractivity contribution < 1.29 is 23.4 Å². The highest BCUT2D eigenvalue weighted by Gasteiger charge is 2.59. The quantitative estimate of drug-likeness (QED) is 0.225. The second-order valence-electron chi connectivity index (χ2n) is 18.1. The third kappa shape index (κ3) is 6.76. The average molecular weight is 680 g/mol. The van der Waals surface area contributed by atoms with E-state index in [0.29, 0.717) is 32.2 Å². The lowest BCUT2D eigenvalue weighted by atomic mass is 9.49. The number of fused-ring (bicyclic) bond motifs is 8. The first kappa shape index (κ1) is 34.9. The molecule has 0 aliphatic heterocycles. The number of rotatable bonds is 7. The van der Waals surface area contributed by atoms with Gasteiger partial charge in [0.1, 0.15) is 0 Å². The zero-order valence-corrected chi connectivity index (χ0v) is 30.7. The lowest BCUT2D eigenvalue weighted by Gasteiger charge is -2.58. The van der Waals surface area contributed by atoms with Gasteiger partial charge in [0.2, 0.25) is 10.0 Å². The van der Waals surface area contributed by atoms with Crippen molar-refractivity contribution in [2.75, 3.05) is 19.3 Å². The summed E-state index contributed by atoms with van der Waals surface area (Å²) in [6.45, 7) is 4.97. The number of Topliss-reactive ketones (excluding diaryl/α,β-unsaturated/α-hetero) is 1. The first-order valence-electron chi connectivity index (χ1n) is 19.4. The molecule has 0 aromatic heterocycles. The second-order valence-corrected chi connectivity index (χ2v) is 20.1. The third-order valence-corrected chi connectivity index (χ3v) is 15.7. The lowest BCUT2D eigenvalue weighted by Crippen LogP contribution is -2.57. The fourth-order valence-electron chi connectivity index (χ4n) is 12.2. The Morgan fingerprint density at radius 2 is 1.60 bits per heavy atom. The Labute approximate surface area is 290 Å². The summed E-state index contributed by atoms with van der Waals surface area (Å²) in [7, 11) is -3.56. The summed E-state index contributed by atoms with van der Waals surface area (Å²) >= 11 is 0. The van der Waals surface area contributed by atoms with Gasteiger partial charge in [0.15, 0.2) is 5.78 Å². The van der Waals surface area contributed by atoms with E-state index in [1.807, 2.05) is 0 Å². The van der Waals surface area contributed by atoms with Crippen molar-refractivity contribution in [2.45, 2.75) is 147 Å². The normalized spacial score (nSPS) is 39.0. The highest BCUT2D eigenvalue weighted by Crippen LogP contribution is 2.62. The highest BCUT2D eigenvalue weighted by atomic mass is 32.2. The van der Waals surface area contributed by atoms with Gasteiger partial charge < -0.3 is 10.2 Å². The molecule has 4 atom stereocenters. The number of carbonyl (C=O) groups is 1.